The van der Waals surface area contributed by atoms with Crippen LogP contribution in [0.2, 0.25) is 0 Å². The van der Waals surface area contributed by atoms with E-state index in [-0.39, 0.29) is 13.4 Å². The summed E-state index contributed by atoms with van der Waals surface area (Å²) >= 11 is 3.56. The lowest BCUT2D eigenvalue weighted by molar-refractivity contribution is 0.00102. The molecule has 1 aromatic heterocycles. The molecule has 6 nitrogen and oxygen atoms in total. The van der Waals surface area contributed by atoms with Crippen LogP contribution in [0.4, 0.5) is 0 Å². The molecule has 2 aromatic rings. The Hall–Kier alpha value is -1.96. The summed E-state index contributed by atoms with van der Waals surface area (Å²) in [5.41, 5.74) is 3.00. The highest BCUT2D eigenvalue weighted by molar-refractivity contribution is 9.10. The predicted molar refractivity (Wildman–Crippen MR) is 108 cm³/mol. The summed E-state index contributed by atoms with van der Waals surface area (Å²) < 4.78 is 11.7. The van der Waals surface area contributed by atoms with Gasteiger partial charge in [0.25, 0.3) is 0 Å². The van der Waals surface area contributed by atoms with Crippen LogP contribution in [-0.2, 0) is 16.2 Å². The van der Waals surface area contributed by atoms with Gasteiger partial charge >= 0.3 is 0 Å². The SMILES string of the molecule is COCOc1c(CO)ccnc1/C(=N\OC(C)(C)C)c1ccc(C)c(Br)c1. The van der Waals surface area contributed by atoms with Crippen molar-refractivity contribution in [1.82, 2.24) is 4.98 Å². The van der Waals surface area contributed by atoms with E-state index in [2.05, 4.69) is 26.1 Å². The van der Waals surface area contributed by atoms with Crippen molar-refractivity contribution in [3.63, 3.8) is 0 Å². The molecular weight excluding hydrogens is 412 g/mol. The smallest absolute Gasteiger partial charge is 0.188 e. The fourth-order valence-electron chi connectivity index (χ4n) is 2.22. The van der Waals surface area contributed by atoms with Gasteiger partial charge in [-0.3, -0.25) is 4.98 Å². The highest BCUT2D eigenvalue weighted by atomic mass is 79.9. The number of pyridine rings is 1. The third-order valence-electron chi connectivity index (χ3n) is 3.56. The normalized spacial score (nSPS) is 12.2. The van der Waals surface area contributed by atoms with Gasteiger partial charge in [-0.1, -0.05) is 33.2 Å². The summed E-state index contributed by atoms with van der Waals surface area (Å²) in [5, 5.41) is 14.1. The zero-order valence-electron chi connectivity index (χ0n) is 16.2. The molecule has 1 heterocycles. The minimum Gasteiger partial charge on any atom is -0.465 e. The number of hydrogen-bond donors (Lipinski definition) is 1. The van der Waals surface area contributed by atoms with E-state index in [1.165, 1.54) is 7.11 Å². The van der Waals surface area contributed by atoms with Crippen LogP contribution in [0.3, 0.4) is 0 Å². The van der Waals surface area contributed by atoms with Crippen molar-refractivity contribution in [2.24, 2.45) is 5.16 Å². The van der Waals surface area contributed by atoms with Gasteiger partial charge in [-0.2, -0.15) is 0 Å². The molecule has 0 saturated heterocycles. The molecule has 0 aliphatic heterocycles. The molecule has 0 fully saturated rings. The number of aryl methyl sites for hydroxylation is 1. The second-order valence-corrected chi connectivity index (χ2v) is 7.82. The summed E-state index contributed by atoms with van der Waals surface area (Å²) in [6.45, 7) is 7.58. The maximum atomic E-state index is 9.71. The number of aliphatic hydroxyl groups excluding tert-OH is 1. The number of hydrogen-bond acceptors (Lipinski definition) is 6. The number of oxime groups is 1. The monoisotopic (exact) mass is 436 g/mol. The van der Waals surface area contributed by atoms with Crippen LogP contribution in [0.1, 0.15) is 43.2 Å². The third kappa shape index (κ3) is 5.76. The van der Waals surface area contributed by atoms with Crippen molar-refractivity contribution in [3.8, 4) is 5.75 Å². The molecular formula is C20H25BrN2O4. The fourth-order valence-corrected chi connectivity index (χ4v) is 2.59. The molecule has 0 atom stereocenters. The lowest BCUT2D eigenvalue weighted by atomic mass is 10.0. The molecule has 0 saturated carbocycles. The summed E-state index contributed by atoms with van der Waals surface area (Å²) in [6.07, 6.45) is 1.61. The first-order valence-corrected chi connectivity index (χ1v) is 9.29. The second-order valence-electron chi connectivity index (χ2n) is 6.96. The van der Waals surface area contributed by atoms with E-state index in [0.717, 1.165) is 15.6 Å². The Balaban J connectivity index is 2.64. The molecule has 0 aliphatic carbocycles. The first-order chi connectivity index (χ1) is 12.8. The summed E-state index contributed by atoms with van der Waals surface area (Å²) in [4.78, 5) is 10.1. The molecule has 146 valence electrons. The highest BCUT2D eigenvalue weighted by Gasteiger charge is 2.21. The van der Waals surface area contributed by atoms with E-state index in [9.17, 15) is 5.11 Å². The quantitative estimate of drug-likeness (QED) is 0.400. The summed E-state index contributed by atoms with van der Waals surface area (Å²) in [7, 11) is 1.53. The zero-order chi connectivity index (χ0) is 20.0. The van der Waals surface area contributed by atoms with Crippen LogP contribution < -0.4 is 4.74 Å². The van der Waals surface area contributed by atoms with Gasteiger partial charge in [0.2, 0.25) is 0 Å². The molecule has 1 aromatic carbocycles. The molecule has 0 radical (unpaired) electrons. The number of halogens is 1. The van der Waals surface area contributed by atoms with Gasteiger partial charge in [0.05, 0.1) is 6.61 Å². The van der Waals surface area contributed by atoms with Crippen molar-refractivity contribution >= 4 is 21.6 Å². The zero-order valence-corrected chi connectivity index (χ0v) is 17.8. The number of benzene rings is 1. The van der Waals surface area contributed by atoms with Crippen molar-refractivity contribution in [2.75, 3.05) is 13.9 Å². The maximum absolute atomic E-state index is 9.71. The molecule has 2 rings (SSSR count). The van der Waals surface area contributed by atoms with Gasteiger partial charge in [0, 0.05) is 28.9 Å². The van der Waals surface area contributed by atoms with Crippen LogP contribution >= 0.6 is 15.9 Å². The van der Waals surface area contributed by atoms with Gasteiger partial charge in [0.1, 0.15) is 17.0 Å². The summed E-state index contributed by atoms with van der Waals surface area (Å²) in [6, 6.07) is 7.57. The molecule has 0 amide bonds. The van der Waals surface area contributed by atoms with Gasteiger partial charge in [-0.25, -0.2) is 0 Å². The van der Waals surface area contributed by atoms with Crippen LogP contribution in [0.25, 0.3) is 0 Å². The molecule has 27 heavy (non-hydrogen) atoms. The molecule has 0 bridgehead atoms. The van der Waals surface area contributed by atoms with Crippen LogP contribution in [0, 0.1) is 6.92 Å². The lowest BCUT2D eigenvalue weighted by Crippen LogP contribution is -2.19. The Morgan fingerprint density at radius 3 is 2.59 bits per heavy atom. The van der Waals surface area contributed by atoms with Crippen molar-refractivity contribution in [3.05, 3.63) is 57.3 Å². The van der Waals surface area contributed by atoms with Crippen LogP contribution in [0.5, 0.6) is 5.75 Å². The molecule has 0 spiro atoms. The number of ether oxygens (including phenoxy) is 2. The van der Waals surface area contributed by atoms with Crippen molar-refractivity contribution < 1.29 is 19.4 Å². The maximum Gasteiger partial charge on any atom is 0.188 e. The minimum atomic E-state index is -0.477. The average Bonchev–Trinajstić information content (AvgIpc) is 2.62. The van der Waals surface area contributed by atoms with Gasteiger partial charge in [-0.15, -0.1) is 0 Å². The number of rotatable bonds is 7. The number of methoxy groups -OCH3 is 1. The Morgan fingerprint density at radius 2 is 2.00 bits per heavy atom. The van der Waals surface area contributed by atoms with Gasteiger partial charge < -0.3 is 19.4 Å². The molecule has 0 aliphatic rings. The third-order valence-corrected chi connectivity index (χ3v) is 4.41. The molecule has 7 heteroatoms. The van der Waals surface area contributed by atoms with Gasteiger partial charge in [0.15, 0.2) is 12.5 Å². The van der Waals surface area contributed by atoms with E-state index >= 15 is 0 Å². The lowest BCUT2D eigenvalue weighted by Gasteiger charge is -2.19. The van der Waals surface area contributed by atoms with E-state index in [1.54, 1.807) is 12.3 Å². The minimum absolute atomic E-state index is 0.0245. The highest BCUT2D eigenvalue weighted by Crippen LogP contribution is 2.28. The first-order valence-electron chi connectivity index (χ1n) is 8.50. The van der Waals surface area contributed by atoms with E-state index in [1.807, 2.05) is 45.9 Å². The first kappa shape index (κ1) is 21.3. The molecule has 1 N–H and O–H groups in total. The van der Waals surface area contributed by atoms with Crippen molar-refractivity contribution in [2.45, 2.75) is 39.9 Å². The Kier molecular flexibility index (Phi) is 7.35. The number of aliphatic hydroxyl groups is 1. The largest absolute Gasteiger partial charge is 0.465 e. The van der Waals surface area contributed by atoms with Crippen LogP contribution in [0.15, 0.2) is 40.1 Å². The second kappa shape index (κ2) is 9.30. The standard InChI is InChI=1S/C20H25BrN2O4/c1-13-6-7-14(10-16(13)21)17(23-27-20(2,3)4)18-19(26-12-25-5)15(11-24)8-9-22-18/h6-10,24H,11-12H2,1-5H3/b23-17-. The average molecular weight is 437 g/mol. The van der Waals surface area contributed by atoms with E-state index in [0.29, 0.717) is 22.7 Å². The molecule has 0 unspecified atom stereocenters. The fraction of sp³-hybridized carbons (Fsp3) is 0.400. The van der Waals surface area contributed by atoms with Crippen LogP contribution in [-0.4, -0.2) is 35.3 Å². The number of nitrogens with zero attached hydrogens (tertiary/aromatic N) is 2. The van der Waals surface area contributed by atoms with E-state index < -0.39 is 5.60 Å². The van der Waals surface area contributed by atoms with Crippen molar-refractivity contribution in [1.29, 1.82) is 0 Å². The Morgan fingerprint density at radius 1 is 1.26 bits per heavy atom. The number of aromatic nitrogens is 1. The predicted octanol–water partition coefficient (Wildman–Crippen LogP) is 4.20. The van der Waals surface area contributed by atoms with E-state index in [4.69, 9.17) is 14.3 Å². The Labute approximate surface area is 168 Å². The van der Waals surface area contributed by atoms with Gasteiger partial charge in [-0.05, 0) is 45.4 Å². The topological polar surface area (TPSA) is 73.2 Å². The summed E-state index contributed by atoms with van der Waals surface area (Å²) in [5.74, 6) is 0.412. The Bertz CT molecular complexity index is 816.